The van der Waals surface area contributed by atoms with E-state index in [2.05, 4.69) is 9.62 Å². The molecule has 15 nitrogen and oxygen atoms in total. The number of aryl methyl sites for hydroxylation is 1. The predicted octanol–water partition coefficient (Wildman–Crippen LogP) is -0.506. The van der Waals surface area contributed by atoms with Crippen molar-refractivity contribution in [1.29, 1.82) is 0 Å². The quantitative estimate of drug-likeness (QED) is 0.213. The van der Waals surface area contributed by atoms with Crippen LogP contribution in [0.15, 0.2) is 46.1 Å². The Hall–Kier alpha value is -2.59. The minimum atomic E-state index is -6.41. The third-order valence-corrected chi connectivity index (χ3v) is 9.37. The van der Waals surface area contributed by atoms with E-state index in [1.54, 1.807) is 36.0 Å². The van der Waals surface area contributed by atoms with E-state index >= 15 is 0 Å². The van der Waals surface area contributed by atoms with Crippen molar-refractivity contribution >= 4 is 26.1 Å². The molecule has 5 atom stereocenters. The molecule has 1 aliphatic heterocycles. The zero-order valence-corrected chi connectivity index (χ0v) is 21.1. The van der Waals surface area contributed by atoms with E-state index in [1.807, 2.05) is 0 Å². The number of alkyl halides is 2. The average molecular weight is 582 g/mol. The van der Waals surface area contributed by atoms with Crippen LogP contribution in [-0.4, -0.2) is 74.1 Å². The van der Waals surface area contributed by atoms with Crippen LogP contribution in [-0.2, 0) is 32.0 Å². The molecular weight excluding hydrogens is 560 g/mol. The zero-order chi connectivity index (χ0) is 28.2. The number of hydrogen-bond acceptors (Lipinski definition) is 9. The number of para-hydroxylation sites is 1. The number of halogens is 2. The van der Waals surface area contributed by atoms with E-state index in [1.165, 1.54) is 0 Å². The van der Waals surface area contributed by atoms with Crippen molar-refractivity contribution < 1.29 is 52.1 Å². The second kappa shape index (κ2) is 9.86. The first-order valence-electron chi connectivity index (χ1n) is 10.7. The number of fused-ring (bicyclic) bond motifs is 1. The smallest absolute Gasteiger partial charge is 0.387 e. The summed E-state index contributed by atoms with van der Waals surface area (Å²) in [5.41, 5.74) is -0.609. The summed E-state index contributed by atoms with van der Waals surface area (Å²) in [7, 11) is -11.0. The van der Waals surface area contributed by atoms with Gasteiger partial charge < -0.3 is 34.2 Å². The Morgan fingerprint density at radius 2 is 1.76 bits per heavy atom. The third-order valence-electron chi connectivity index (χ3n) is 5.95. The molecule has 1 aromatic carbocycles. The van der Waals surface area contributed by atoms with Crippen LogP contribution in [0.2, 0.25) is 0 Å². The van der Waals surface area contributed by atoms with Gasteiger partial charge in [0.15, 0.2) is 6.23 Å². The number of benzene rings is 1. The van der Waals surface area contributed by atoms with Crippen molar-refractivity contribution in [1.82, 2.24) is 18.9 Å². The fraction of sp³-hybridized carbons (Fsp3) is 0.421. The van der Waals surface area contributed by atoms with E-state index in [9.17, 15) is 42.6 Å². The summed E-state index contributed by atoms with van der Waals surface area (Å²) in [5, 5.41) is 20.2. The molecule has 2 unspecified atom stereocenters. The van der Waals surface area contributed by atoms with Crippen LogP contribution in [0.25, 0.3) is 10.9 Å². The van der Waals surface area contributed by atoms with Gasteiger partial charge in [0.2, 0.25) is 0 Å². The molecule has 1 aliphatic rings. The van der Waals surface area contributed by atoms with Crippen molar-refractivity contribution in [3.63, 3.8) is 0 Å². The van der Waals surface area contributed by atoms with Crippen LogP contribution in [0.5, 0.6) is 0 Å². The molecule has 0 radical (unpaired) electrons. The summed E-state index contributed by atoms with van der Waals surface area (Å²) in [6, 6.07) is 8.02. The lowest BCUT2D eigenvalue weighted by atomic mass is 10.1. The molecular formula is C19H22F2N4O11P2. The second-order valence-electron chi connectivity index (χ2n) is 8.43. The largest absolute Gasteiger partial charge is 0.443 e. The normalized spacial score (nSPS) is 24.1. The van der Waals surface area contributed by atoms with Crippen LogP contribution in [0, 0.1) is 0 Å². The van der Waals surface area contributed by atoms with Crippen molar-refractivity contribution in [2.75, 3.05) is 6.61 Å². The van der Waals surface area contributed by atoms with Crippen molar-refractivity contribution in [3.8, 4) is 0 Å². The van der Waals surface area contributed by atoms with Gasteiger partial charge in [0.25, 0.3) is 5.56 Å². The van der Waals surface area contributed by atoms with Gasteiger partial charge in [-0.15, -0.1) is 0 Å². The molecule has 38 heavy (non-hydrogen) atoms. The van der Waals surface area contributed by atoms with E-state index in [-0.39, 0.29) is 6.54 Å². The van der Waals surface area contributed by atoms with Gasteiger partial charge in [-0.3, -0.25) is 27.7 Å². The number of aliphatic hydroxyl groups is 2. The number of rotatable bonds is 8. The molecule has 1 saturated heterocycles. The minimum Gasteiger partial charge on any atom is -0.387 e. The first-order valence-corrected chi connectivity index (χ1v) is 13.9. The Morgan fingerprint density at radius 3 is 2.42 bits per heavy atom. The highest BCUT2D eigenvalue weighted by atomic mass is 31.2. The Morgan fingerprint density at radius 1 is 1.11 bits per heavy atom. The molecule has 3 aromatic rings. The van der Waals surface area contributed by atoms with Crippen molar-refractivity contribution in [3.05, 3.63) is 63.1 Å². The standard InChI is InChI=1S/C19H22F2N4O11P2/c1-23-12-5-3-2-4-10(12)11(22-23)8-25-14(26)6-7-24(18(25)29)17-16(28)15(27)13(36-17)9-35-38(33,34)19(20,21)37(30,31)32/h2-7,13,15-17,27-28H,8-9H2,1H3,(H,33,34)(H2,30,31,32)/t13-,15+,16?,17-/m1/s1. The lowest BCUT2D eigenvalue weighted by molar-refractivity contribution is -0.0551. The first kappa shape index (κ1) is 28.4. The summed E-state index contributed by atoms with van der Waals surface area (Å²) in [5.74, 6) is 0. The molecule has 3 heterocycles. The highest BCUT2D eigenvalue weighted by molar-refractivity contribution is 7.72. The lowest BCUT2D eigenvalue weighted by Gasteiger charge is -2.24. The van der Waals surface area contributed by atoms with Gasteiger partial charge in [0, 0.05) is 24.7 Å². The monoisotopic (exact) mass is 582 g/mol. The lowest BCUT2D eigenvalue weighted by Crippen LogP contribution is -2.43. The predicted molar refractivity (Wildman–Crippen MR) is 123 cm³/mol. The summed E-state index contributed by atoms with van der Waals surface area (Å²) >= 11 is 0. The number of aliphatic hydroxyl groups excluding tert-OH is 2. The zero-order valence-electron chi connectivity index (χ0n) is 19.3. The molecule has 1 fully saturated rings. The van der Waals surface area contributed by atoms with Gasteiger partial charge in [0.1, 0.15) is 18.3 Å². The fourth-order valence-corrected chi connectivity index (χ4v) is 5.93. The summed E-state index contributed by atoms with van der Waals surface area (Å²) in [6.45, 7) is -1.59. The van der Waals surface area contributed by atoms with Gasteiger partial charge in [-0.05, 0) is 6.07 Å². The Balaban J connectivity index is 1.59. The number of nitrogens with zero attached hydrogens (tertiary/aromatic N) is 4. The molecule has 208 valence electrons. The molecule has 4 rings (SSSR count). The van der Waals surface area contributed by atoms with Crippen molar-refractivity contribution in [2.24, 2.45) is 7.05 Å². The molecule has 0 aliphatic carbocycles. The molecule has 0 saturated carbocycles. The number of ether oxygens (including phenoxy) is 1. The molecule has 0 spiro atoms. The highest BCUT2D eigenvalue weighted by Gasteiger charge is 2.65. The maximum absolute atomic E-state index is 13.7. The molecule has 5 N–H and O–H groups in total. The second-order valence-corrected chi connectivity index (χ2v) is 12.3. The molecule has 2 aromatic heterocycles. The molecule has 19 heteroatoms. The maximum Gasteiger partial charge on any atom is 0.443 e. The summed E-state index contributed by atoms with van der Waals surface area (Å²) in [4.78, 5) is 52.4. The Bertz CT molecular complexity index is 1580. The maximum atomic E-state index is 13.7. The first-order chi connectivity index (χ1) is 17.6. The fourth-order valence-electron chi connectivity index (χ4n) is 3.94. The van der Waals surface area contributed by atoms with Crippen LogP contribution in [0.4, 0.5) is 8.78 Å². The Labute approximate surface area is 210 Å². The van der Waals surface area contributed by atoms with Crippen LogP contribution < -0.4 is 11.2 Å². The number of hydrogen-bond donors (Lipinski definition) is 5. The van der Waals surface area contributed by atoms with E-state index in [4.69, 9.17) is 14.5 Å². The van der Waals surface area contributed by atoms with Crippen molar-refractivity contribution in [2.45, 2.75) is 36.5 Å². The van der Waals surface area contributed by atoms with Gasteiger partial charge in [-0.25, -0.2) is 4.79 Å². The van der Waals surface area contributed by atoms with E-state index in [0.29, 0.717) is 11.1 Å². The van der Waals surface area contributed by atoms with Gasteiger partial charge in [-0.2, -0.15) is 13.9 Å². The Kier molecular flexibility index (Phi) is 7.37. The SMILES string of the molecule is Cn1nc(Cn2c(=O)ccn([C@@H]3O[C@H](COP(=O)(O)C(F)(F)P(=O)(O)O)[C@H](O)C3O)c2=O)c2ccccc21. The van der Waals surface area contributed by atoms with Crippen LogP contribution in [0.1, 0.15) is 11.9 Å². The molecule has 0 amide bonds. The van der Waals surface area contributed by atoms with Crippen LogP contribution >= 0.6 is 15.2 Å². The summed E-state index contributed by atoms with van der Waals surface area (Å²) < 4.78 is 62.5. The van der Waals surface area contributed by atoms with Gasteiger partial charge in [0.05, 0.1) is 24.4 Å². The molecule has 0 bridgehead atoms. The van der Waals surface area contributed by atoms with Crippen LogP contribution in [0.3, 0.4) is 0 Å². The van der Waals surface area contributed by atoms with E-state index < -0.39 is 63.0 Å². The average Bonchev–Trinajstić information content (AvgIpc) is 3.30. The topological polar surface area (TPSA) is 216 Å². The summed E-state index contributed by atoms with van der Waals surface area (Å²) in [6.07, 6.45) is -6.37. The van der Waals surface area contributed by atoms with Gasteiger partial charge in [-0.1, -0.05) is 18.2 Å². The third kappa shape index (κ3) is 4.81. The number of aromatic nitrogens is 4. The minimum absolute atomic E-state index is 0.275. The van der Waals surface area contributed by atoms with E-state index in [0.717, 1.165) is 26.9 Å². The highest BCUT2D eigenvalue weighted by Crippen LogP contribution is 2.73. The van der Waals surface area contributed by atoms with Gasteiger partial charge >= 0.3 is 26.3 Å².